The van der Waals surface area contributed by atoms with E-state index in [0.717, 1.165) is 45.2 Å². The Morgan fingerprint density at radius 2 is 1.75 bits per heavy atom. The molecule has 16 heavy (non-hydrogen) atoms. The number of carbonyl (C=O) groups excluding carboxylic acids is 1. The molecule has 0 aromatic carbocycles. The van der Waals surface area contributed by atoms with E-state index in [4.69, 9.17) is 4.74 Å². The van der Waals surface area contributed by atoms with Crippen LogP contribution < -0.4 is 10.6 Å². The molecular weight excluding hydrogens is 204 g/mol. The normalized spacial score (nSPS) is 32.6. The molecule has 0 bridgehead atoms. The Hall–Kier alpha value is -0.450. The van der Waals surface area contributed by atoms with Gasteiger partial charge in [0.15, 0.2) is 6.35 Å². The third-order valence-corrected chi connectivity index (χ3v) is 3.59. The Labute approximate surface area is 97.1 Å². The van der Waals surface area contributed by atoms with E-state index in [1.54, 1.807) is 6.92 Å². The van der Waals surface area contributed by atoms with Crippen LogP contribution in [-0.4, -0.2) is 31.3 Å². The molecule has 2 N–H and O–H groups in total. The topological polar surface area (TPSA) is 50.4 Å². The van der Waals surface area contributed by atoms with E-state index in [1.807, 2.05) is 0 Å². The lowest BCUT2D eigenvalue weighted by Crippen LogP contribution is -2.51. The highest BCUT2D eigenvalue weighted by Crippen LogP contribution is 2.27. The predicted octanol–water partition coefficient (Wildman–Crippen LogP) is 1.02. The number of ether oxygens (including phenoxy) is 1. The second-order valence-corrected chi connectivity index (χ2v) is 4.86. The molecule has 1 aliphatic heterocycles. The molecule has 0 aromatic rings. The Balaban J connectivity index is 1.70. The summed E-state index contributed by atoms with van der Waals surface area (Å²) in [6.45, 7) is 3.76. The fourth-order valence-corrected chi connectivity index (χ4v) is 2.52. The van der Waals surface area contributed by atoms with Crippen molar-refractivity contribution in [2.75, 3.05) is 13.1 Å². The van der Waals surface area contributed by atoms with Crippen molar-refractivity contribution in [3.8, 4) is 0 Å². The molecule has 1 aliphatic carbocycles. The molecule has 1 heterocycles. The Bertz CT molecular complexity index is 231. The van der Waals surface area contributed by atoms with E-state index in [1.165, 1.54) is 0 Å². The van der Waals surface area contributed by atoms with Crippen LogP contribution >= 0.6 is 0 Å². The summed E-state index contributed by atoms with van der Waals surface area (Å²) in [5, 5.41) is 6.60. The summed E-state index contributed by atoms with van der Waals surface area (Å²) in [6, 6.07) is 0. The molecule has 0 unspecified atom stereocenters. The van der Waals surface area contributed by atoms with Crippen molar-refractivity contribution in [2.24, 2.45) is 5.92 Å². The Morgan fingerprint density at radius 1 is 1.12 bits per heavy atom. The van der Waals surface area contributed by atoms with Gasteiger partial charge in [0.25, 0.3) is 0 Å². The Kier molecular flexibility index (Phi) is 4.32. The average Bonchev–Trinajstić information content (AvgIpc) is 2.31. The van der Waals surface area contributed by atoms with Crippen molar-refractivity contribution in [3.05, 3.63) is 0 Å². The van der Waals surface area contributed by atoms with Gasteiger partial charge in [-0.1, -0.05) is 0 Å². The van der Waals surface area contributed by atoms with Gasteiger partial charge in [-0.25, -0.2) is 0 Å². The lowest BCUT2D eigenvalue weighted by Gasteiger charge is -2.33. The van der Waals surface area contributed by atoms with Crippen LogP contribution in [0.15, 0.2) is 0 Å². The number of rotatable bonds is 3. The van der Waals surface area contributed by atoms with E-state index in [2.05, 4.69) is 10.6 Å². The molecule has 2 aliphatic rings. The maximum atomic E-state index is 11.2. The molecule has 2 rings (SSSR count). The van der Waals surface area contributed by atoms with Crippen LogP contribution in [0.3, 0.4) is 0 Å². The fourth-order valence-electron chi connectivity index (χ4n) is 2.52. The van der Waals surface area contributed by atoms with Crippen molar-refractivity contribution < 1.29 is 9.53 Å². The standard InChI is InChI=1S/C12H22N2O2/c1-9(15)10-3-5-11(6-4-10)16-12-13-7-2-8-14-12/h10-14H,2-8H2,1H3. The van der Waals surface area contributed by atoms with Gasteiger partial charge in [0.2, 0.25) is 0 Å². The van der Waals surface area contributed by atoms with Gasteiger partial charge >= 0.3 is 0 Å². The van der Waals surface area contributed by atoms with Crippen molar-refractivity contribution in [2.45, 2.75) is 51.5 Å². The lowest BCUT2D eigenvalue weighted by atomic mass is 9.85. The largest absolute Gasteiger partial charge is 0.347 e. The van der Waals surface area contributed by atoms with Crippen LogP contribution in [0, 0.1) is 5.92 Å². The van der Waals surface area contributed by atoms with Crippen LogP contribution in [-0.2, 0) is 9.53 Å². The second-order valence-electron chi connectivity index (χ2n) is 4.86. The molecule has 0 atom stereocenters. The van der Waals surface area contributed by atoms with E-state index in [-0.39, 0.29) is 12.3 Å². The van der Waals surface area contributed by atoms with Gasteiger partial charge in [-0.05, 0) is 52.1 Å². The third kappa shape index (κ3) is 3.27. The fraction of sp³-hybridized carbons (Fsp3) is 0.917. The van der Waals surface area contributed by atoms with E-state index in [0.29, 0.717) is 11.9 Å². The van der Waals surface area contributed by atoms with Gasteiger partial charge in [-0.3, -0.25) is 15.4 Å². The number of hydrogen-bond acceptors (Lipinski definition) is 4. The molecule has 0 spiro atoms. The minimum absolute atomic E-state index is 0.0210. The van der Waals surface area contributed by atoms with Gasteiger partial charge in [-0.2, -0.15) is 0 Å². The second kappa shape index (κ2) is 5.75. The molecule has 1 saturated heterocycles. The first-order valence-electron chi connectivity index (χ1n) is 6.38. The zero-order valence-electron chi connectivity index (χ0n) is 10.00. The number of carbonyl (C=O) groups is 1. The highest BCUT2D eigenvalue weighted by atomic mass is 16.5. The highest BCUT2D eigenvalue weighted by molar-refractivity contribution is 5.78. The molecular formula is C12H22N2O2. The van der Waals surface area contributed by atoms with Gasteiger partial charge in [0.05, 0.1) is 6.10 Å². The summed E-state index contributed by atoms with van der Waals surface area (Å²) in [5.41, 5.74) is 0. The van der Waals surface area contributed by atoms with Gasteiger partial charge in [0.1, 0.15) is 5.78 Å². The first-order valence-corrected chi connectivity index (χ1v) is 6.38. The minimum Gasteiger partial charge on any atom is -0.347 e. The van der Waals surface area contributed by atoms with Crippen molar-refractivity contribution >= 4 is 5.78 Å². The highest BCUT2D eigenvalue weighted by Gasteiger charge is 2.26. The van der Waals surface area contributed by atoms with Gasteiger partial charge in [-0.15, -0.1) is 0 Å². The third-order valence-electron chi connectivity index (χ3n) is 3.59. The summed E-state index contributed by atoms with van der Waals surface area (Å²) in [7, 11) is 0. The molecule has 0 aromatic heterocycles. The summed E-state index contributed by atoms with van der Waals surface area (Å²) in [6.07, 6.45) is 5.52. The zero-order chi connectivity index (χ0) is 11.4. The van der Waals surface area contributed by atoms with E-state index >= 15 is 0 Å². The molecule has 92 valence electrons. The average molecular weight is 226 g/mol. The van der Waals surface area contributed by atoms with Crippen LogP contribution in [0.25, 0.3) is 0 Å². The maximum Gasteiger partial charge on any atom is 0.163 e. The van der Waals surface area contributed by atoms with E-state index in [9.17, 15) is 4.79 Å². The predicted molar refractivity (Wildman–Crippen MR) is 61.9 cm³/mol. The van der Waals surface area contributed by atoms with Gasteiger partial charge in [0, 0.05) is 5.92 Å². The first-order chi connectivity index (χ1) is 7.75. The van der Waals surface area contributed by atoms with Crippen LogP contribution in [0.4, 0.5) is 0 Å². The van der Waals surface area contributed by atoms with Crippen molar-refractivity contribution in [3.63, 3.8) is 0 Å². The molecule has 2 fully saturated rings. The number of nitrogens with one attached hydrogen (secondary N) is 2. The van der Waals surface area contributed by atoms with Gasteiger partial charge < -0.3 is 4.74 Å². The maximum absolute atomic E-state index is 11.2. The summed E-state index contributed by atoms with van der Waals surface area (Å²) in [4.78, 5) is 11.2. The summed E-state index contributed by atoms with van der Waals surface area (Å²) < 4.78 is 5.93. The number of Topliss-reactive ketones (excluding diaryl/α,β-unsaturated/α-hetero) is 1. The van der Waals surface area contributed by atoms with Crippen molar-refractivity contribution in [1.82, 2.24) is 10.6 Å². The van der Waals surface area contributed by atoms with Crippen LogP contribution in [0.5, 0.6) is 0 Å². The molecule has 1 saturated carbocycles. The summed E-state index contributed by atoms with van der Waals surface area (Å²) in [5.74, 6) is 0.625. The van der Waals surface area contributed by atoms with E-state index < -0.39 is 0 Å². The first kappa shape index (κ1) is 12.0. The van der Waals surface area contributed by atoms with Crippen molar-refractivity contribution in [1.29, 1.82) is 0 Å². The van der Waals surface area contributed by atoms with Crippen LogP contribution in [0.1, 0.15) is 39.0 Å². The molecule has 4 heteroatoms. The lowest BCUT2D eigenvalue weighted by molar-refractivity contribution is -0.124. The quantitative estimate of drug-likeness (QED) is 0.754. The van der Waals surface area contributed by atoms with Crippen LogP contribution in [0.2, 0.25) is 0 Å². The smallest absolute Gasteiger partial charge is 0.163 e. The number of hydrogen-bond donors (Lipinski definition) is 2. The molecule has 4 nitrogen and oxygen atoms in total. The monoisotopic (exact) mass is 226 g/mol. The minimum atomic E-state index is 0.0210. The number of ketones is 1. The zero-order valence-corrected chi connectivity index (χ0v) is 10.00. The molecule has 0 amide bonds. The Morgan fingerprint density at radius 3 is 2.31 bits per heavy atom. The SMILES string of the molecule is CC(=O)C1CCC(OC2NCCCN2)CC1. The molecule has 0 radical (unpaired) electrons. The summed E-state index contributed by atoms with van der Waals surface area (Å²) >= 11 is 0.